The van der Waals surface area contributed by atoms with E-state index in [0.29, 0.717) is 13.0 Å². The zero-order chi connectivity index (χ0) is 14.3. The number of urea groups is 1. The van der Waals surface area contributed by atoms with E-state index in [1.54, 1.807) is 11.9 Å². The van der Waals surface area contributed by atoms with E-state index >= 15 is 0 Å². The van der Waals surface area contributed by atoms with Gasteiger partial charge >= 0.3 is 12.0 Å². The second kappa shape index (κ2) is 5.24. The second-order valence-electron chi connectivity index (χ2n) is 6.18. The molecule has 0 aromatic heterocycles. The summed E-state index contributed by atoms with van der Waals surface area (Å²) in [7, 11) is 1.79. The Bertz CT molecular complexity index is 408. The summed E-state index contributed by atoms with van der Waals surface area (Å²) in [5, 5.41) is 9.23. The minimum atomic E-state index is -0.767. The van der Waals surface area contributed by atoms with Gasteiger partial charge in [-0.05, 0) is 32.1 Å². The standard InChI is InChI=1S/C14H22N2O4/c1-15(8-10-3-2-6-20-10)14(19)16-9-4-5-12(16)11(7-9)13(17)18/h9-12H,2-8H2,1H3,(H,17,18). The maximum absolute atomic E-state index is 12.6. The van der Waals surface area contributed by atoms with E-state index in [9.17, 15) is 14.7 Å². The molecule has 4 unspecified atom stereocenters. The van der Waals surface area contributed by atoms with Gasteiger partial charge in [0.05, 0.1) is 12.0 Å². The maximum Gasteiger partial charge on any atom is 0.320 e. The van der Waals surface area contributed by atoms with Gasteiger partial charge in [-0.1, -0.05) is 0 Å². The van der Waals surface area contributed by atoms with Crippen LogP contribution in [0.4, 0.5) is 4.79 Å². The number of ether oxygens (including phenoxy) is 1. The van der Waals surface area contributed by atoms with E-state index in [-0.39, 0.29) is 30.1 Å². The lowest BCUT2D eigenvalue weighted by Crippen LogP contribution is -2.47. The fourth-order valence-corrected chi connectivity index (χ4v) is 3.92. The third kappa shape index (κ3) is 2.26. The van der Waals surface area contributed by atoms with E-state index in [1.165, 1.54) is 0 Å². The molecule has 3 rings (SSSR count). The SMILES string of the molecule is CN(CC1CCCO1)C(=O)N1C2CCC1C(C(=O)O)C2. The lowest BCUT2D eigenvalue weighted by Gasteiger charge is -2.30. The molecule has 2 amide bonds. The Balaban J connectivity index is 1.63. The Morgan fingerprint density at radius 1 is 1.35 bits per heavy atom. The molecule has 3 heterocycles. The zero-order valence-electron chi connectivity index (χ0n) is 11.8. The van der Waals surface area contributed by atoms with E-state index in [4.69, 9.17) is 4.74 Å². The number of rotatable bonds is 3. The van der Waals surface area contributed by atoms with Crippen molar-refractivity contribution in [2.45, 2.75) is 50.3 Å². The molecule has 6 heteroatoms. The first-order valence-corrected chi connectivity index (χ1v) is 7.45. The van der Waals surface area contributed by atoms with E-state index in [2.05, 4.69) is 0 Å². The third-order valence-electron chi connectivity index (χ3n) is 4.90. The molecule has 2 bridgehead atoms. The highest BCUT2D eigenvalue weighted by Gasteiger charge is 2.52. The number of carbonyl (C=O) groups is 2. The normalized spacial score (nSPS) is 35.5. The first kappa shape index (κ1) is 13.7. The van der Waals surface area contributed by atoms with Gasteiger partial charge in [0, 0.05) is 32.3 Å². The topological polar surface area (TPSA) is 70.1 Å². The fourth-order valence-electron chi connectivity index (χ4n) is 3.92. The number of carbonyl (C=O) groups excluding carboxylic acids is 1. The summed E-state index contributed by atoms with van der Waals surface area (Å²) in [6, 6.07) is -0.0331. The quantitative estimate of drug-likeness (QED) is 0.843. The number of hydrogen-bond acceptors (Lipinski definition) is 3. The predicted molar refractivity (Wildman–Crippen MR) is 71.4 cm³/mol. The molecule has 3 aliphatic heterocycles. The lowest BCUT2D eigenvalue weighted by atomic mass is 9.89. The molecule has 1 N–H and O–H groups in total. The molecule has 20 heavy (non-hydrogen) atoms. The monoisotopic (exact) mass is 282 g/mol. The van der Waals surface area contributed by atoms with Gasteiger partial charge in [-0.15, -0.1) is 0 Å². The summed E-state index contributed by atoms with van der Waals surface area (Å²) >= 11 is 0. The third-order valence-corrected chi connectivity index (χ3v) is 4.90. The summed E-state index contributed by atoms with van der Waals surface area (Å²) in [6.07, 6.45) is 4.57. The highest BCUT2D eigenvalue weighted by molar-refractivity contribution is 5.79. The van der Waals surface area contributed by atoms with Crippen LogP contribution in [0.15, 0.2) is 0 Å². The summed E-state index contributed by atoms with van der Waals surface area (Å²) in [6.45, 7) is 1.38. The number of nitrogens with zero attached hydrogens (tertiary/aromatic N) is 2. The number of carboxylic acids is 1. The lowest BCUT2D eigenvalue weighted by molar-refractivity contribution is -0.142. The molecule has 0 aromatic rings. The van der Waals surface area contributed by atoms with Crippen LogP contribution in [0.2, 0.25) is 0 Å². The van der Waals surface area contributed by atoms with Crippen LogP contribution < -0.4 is 0 Å². The number of aliphatic carboxylic acids is 1. The molecule has 4 atom stereocenters. The van der Waals surface area contributed by atoms with Crippen molar-refractivity contribution in [2.75, 3.05) is 20.2 Å². The van der Waals surface area contributed by atoms with Crippen LogP contribution in [-0.2, 0) is 9.53 Å². The molecule has 3 fully saturated rings. The van der Waals surface area contributed by atoms with E-state index in [0.717, 1.165) is 32.3 Å². The number of likely N-dealkylation sites (N-methyl/N-ethyl adjacent to an activating group) is 1. The largest absolute Gasteiger partial charge is 0.481 e. The van der Waals surface area contributed by atoms with Crippen molar-refractivity contribution >= 4 is 12.0 Å². The molecule has 0 spiro atoms. The van der Waals surface area contributed by atoms with E-state index in [1.807, 2.05) is 4.90 Å². The zero-order valence-corrected chi connectivity index (χ0v) is 11.8. The second-order valence-corrected chi connectivity index (χ2v) is 6.18. The van der Waals surface area contributed by atoms with Crippen molar-refractivity contribution in [3.05, 3.63) is 0 Å². The Hall–Kier alpha value is -1.30. The Morgan fingerprint density at radius 3 is 2.75 bits per heavy atom. The molecular formula is C14H22N2O4. The van der Waals surface area contributed by atoms with Gasteiger partial charge in [-0.25, -0.2) is 4.79 Å². The van der Waals surface area contributed by atoms with Gasteiger partial charge in [0.25, 0.3) is 0 Å². The maximum atomic E-state index is 12.6. The van der Waals surface area contributed by atoms with Crippen molar-refractivity contribution in [1.29, 1.82) is 0 Å². The predicted octanol–water partition coefficient (Wildman–Crippen LogP) is 1.15. The summed E-state index contributed by atoms with van der Waals surface area (Å²) in [5.41, 5.74) is 0. The van der Waals surface area contributed by atoms with Gasteiger partial charge in [0.2, 0.25) is 0 Å². The van der Waals surface area contributed by atoms with Gasteiger partial charge in [0.1, 0.15) is 0 Å². The van der Waals surface area contributed by atoms with Crippen LogP contribution in [0.25, 0.3) is 0 Å². The molecule has 6 nitrogen and oxygen atoms in total. The molecule has 3 saturated heterocycles. The van der Waals surface area contributed by atoms with Gasteiger partial charge in [0.15, 0.2) is 0 Å². The molecular weight excluding hydrogens is 260 g/mol. The Morgan fingerprint density at radius 2 is 2.15 bits per heavy atom. The molecule has 0 saturated carbocycles. The van der Waals surface area contributed by atoms with Crippen LogP contribution in [0, 0.1) is 5.92 Å². The molecule has 3 aliphatic rings. The van der Waals surface area contributed by atoms with Crippen molar-refractivity contribution in [3.8, 4) is 0 Å². The molecule has 0 aromatic carbocycles. The first-order chi connectivity index (χ1) is 9.58. The van der Waals surface area contributed by atoms with Crippen molar-refractivity contribution in [2.24, 2.45) is 5.92 Å². The summed E-state index contributed by atoms with van der Waals surface area (Å²) < 4.78 is 5.56. The van der Waals surface area contributed by atoms with Crippen LogP contribution in [0.1, 0.15) is 32.1 Å². The van der Waals surface area contributed by atoms with Gasteiger partial charge in [-0.2, -0.15) is 0 Å². The van der Waals surface area contributed by atoms with Crippen LogP contribution >= 0.6 is 0 Å². The Kier molecular flexibility index (Phi) is 3.58. The van der Waals surface area contributed by atoms with E-state index < -0.39 is 5.97 Å². The number of amides is 2. The van der Waals surface area contributed by atoms with Crippen molar-refractivity contribution in [1.82, 2.24) is 9.80 Å². The molecule has 0 radical (unpaired) electrons. The number of carboxylic acid groups (broad SMARTS) is 1. The molecule has 0 aliphatic carbocycles. The first-order valence-electron chi connectivity index (χ1n) is 7.45. The number of fused-ring (bicyclic) bond motifs is 2. The summed E-state index contributed by atoms with van der Waals surface area (Å²) in [5.74, 6) is -1.15. The smallest absolute Gasteiger partial charge is 0.320 e. The number of hydrogen-bond donors (Lipinski definition) is 1. The highest BCUT2D eigenvalue weighted by atomic mass is 16.5. The van der Waals surface area contributed by atoms with Gasteiger partial charge in [-0.3, -0.25) is 4.79 Å². The van der Waals surface area contributed by atoms with Crippen molar-refractivity contribution < 1.29 is 19.4 Å². The minimum Gasteiger partial charge on any atom is -0.481 e. The average molecular weight is 282 g/mol. The van der Waals surface area contributed by atoms with Crippen LogP contribution in [-0.4, -0.2) is 65.3 Å². The van der Waals surface area contributed by atoms with Crippen LogP contribution in [0.3, 0.4) is 0 Å². The highest BCUT2D eigenvalue weighted by Crippen LogP contribution is 2.42. The Labute approximate surface area is 118 Å². The average Bonchev–Trinajstić information content (AvgIpc) is 3.12. The van der Waals surface area contributed by atoms with Crippen molar-refractivity contribution in [3.63, 3.8) is 0 Å². The van der Waals surface area contributed by atoms with Gasteiger partial charge < -0.3 is 19.6 Å². The van der Waals surface area contributed by atoms with Crippen LogP contribution in [0.5, 0.6) is 0 Å². The summed E-state index contributed by atoms with van der Waals surface area (Å²) in [4.78, 5) is 27.3. The minimum absolute atomic E-state index is 0.0308. The fraction of sp³-hybridized carbons (Fsp3) is 0.857. The molecule has 112 valence electrons.